The number of aromatic nitrogens is 6. The van der Waals surface area contributed by atoms with Gasteiger partial charge in [-0.05, 0) is 94.3 Å². The molecule has 3 atom stereocenters. The number of carbonyl (C=O) groups excluding carboxylic acids is 1. The van der Waals surface area contributed by atoms with Gasteiger partial charge in [0.1, 0.15) is 41.0 Å². The van der Waals surface area contributed by atoms with E-state index in [0.29, 0.717) is 33.3 Å². The van der Waals surface area contributed by atoms with Gasteiger partial charge < -0.3 is 0 Å². The van der Waals surface area contributed by atoms with E-state index in [-0.39, 0.29) is 41.1 Å². The molecule has 4 aromatic heterocycles. The smallest absolute Gasteiger partial charge is 0.293 e. The van der Waals surface area contributed by atoms with Gasteiger partial charge in [-0.15, -0.1) is 10.2 Å². The average Bonchev–Trinajstić information content (AvgIpc) is 3.54. The SMILES string of the molecule is Cc1ccc(-c2ccc(C#CC(C)(C)C)nc2[C@@H](CC(=O)Cn2nc(C(F)F)c3c2C(F)(F)[C@@H]2C[C@H]32)Cc2cc(F)cc(F)c2)c2nnc(CS(C)(=O)=O)n12. The summed E-state index contributed by atoms with van der Waals surface area (Å²) in [5.74, 6) is -2.81. The van der Waals surface area contributed by atoms with E-state index in [4.69, 9.17) is 4.98 Å². The van der Waals surface area contributed by atoms with E-state index in [2.05, 4.69) is 27.1 Å². The maximum atomic E-state index is 15.4. The molecule has 7 rings (SSSR count). The first-order valence-electron chi connectivity index (χ1n) is 17.5. The molecule has 0 bridgehead atoms. The predicted octanol–water partition coefficient (Wildman–Crippen LogP) is 7.65. The Bertz CT molecular complexity index is 2530. The molecular weight excluding hydrogens is 747 g/mol. The van der Waals surface area contributed by atoms with Crippen LogP contribution >= 0.6 is 0 Å². The molecule has 0 N–H and O–H groups in total. The number of hydrogen-bond acceptors (Lipinski definition) is 7. The van der Waals surface area contributed by atoms with Gasteiger partial charge in [0.25, 0.3) is 12.3 Å². The molecule has 0 amide bonds. The third kappa shape index (κ3) is 7.63. The third-order valence-corrected chi connectivity index (χ3v) is 10.5. The summed E-state index contributed by atoms with van der Waals surface area (Å²) in [6, 6.07) is 9.68. The predicted molar refractivity (Wildman–Crippen MR) is 190 cm³/mol. The lowest BCUT2D eigenvalue weighted by molar-refractivity contribution is -0.120. The van der Waals surface area contributed by atoms with Crippen molar-refractivity contribution in [2.75, 3.05) is 6.26 Å². The Kier molecular flexibility index (Phi) is 9.46. The highest BCUT2D eigenvalue weighted by Gasteiger charge is 2.67. The molecule has 0 radical (unpaired) electrons. The van der Waals surface area contributed by atoms with Crippen molar-refractivity contribution in [3.8, 4) is 23.0 Å². The zero-order valence-corrected chi connectivity index (χ0v) is 31.3. The van der Waals surface area contributed by atoms with Gasteiger partial charge in [-0.2, -0.15) is 13.9 Å². The topological polar surface area (TPSA) is 112 Å². The molecule has 288 valence electrons. The van der Waals surface area contributed by atoms with Crippen LogP contribution in [0.3, 0.4) is 0 Å². The summed E-state index contributed by atoms with van der Waals surface area (Å²) >= 11 is 0. The fraction of sp³-hybridized carbons (Fsp3) is 0.410. The number of halogens is 6. The maximum absolute atomic E-state index is 15.4. The summed E-state index contributed by atoms with van der Waals surface area (Å²) in [5.41, 5.74) is 0.346. The van der Waals surface area contributed by atoms with Crippen LogP contribution in [0.2, 0.25) is 0 Å². The van der Waals surface area contributed by atoms with E-state index in [9.17, 15) is 30.8 Å². The van der Waals surface area contributed by atoms with Crippen molar-refractivity contribution in [3.63, 3.8) is 0 Å². The highest BCUT2D eigenvalue weighted by molar-refractivity contribution is 7.89. The van der Waals surface area contributed by atoms with E-state index in [1.54, 1.807) is 35.6 Å². The first-order chi connectivity index (χ1) is 25.7. The molecule has 0 spiro atoms. The fourth-order valence-corrected chi connectivity index (χ4v) is 8.11. The summed E-state index contributed by atoms with van der Waals surface area (Å²) in [5, 5.41) is 12.3. The molecule has 55 heavy (non-hydrogen) atoms. The second-order valence-electron chi connectivity index (χ2n) is 15.5. The first kappa shape index (κ1) is 38.2. The van der Waals surface area contributed by atoms with Crippen LogP contribution in [0.25, 0.3) is 16.8 Å². The monoisotopic (exact) mass is 782 g/mol. The Balaban J connectivity index is 1.37. The number of alkyl halides is 4. The molecule has 5 aromatic rings. The second kappa shape index (κ2) is 13.6. The Morgan fingerprint density at radius 1 is 1.02 bits per heavy atom. The van der Waals surface area contributed by atoms with Crippen LogP contribution in [-0.2, 0) is 39.3 Å². The largest absolute Gasteiger partial charge is 0.298 e. The standard InChI is InChI=1S/C39H36F6N6O3S/c1-20-6-8-28(37-48-47-31(51(20)37)19-55(5,53)54)27-9-7-25(10-11-38(2,3)4)46-33(27)22(12-21-13-23(40)16-24(41)14-21)15-26(52)18-50-35-32(34(49-50)36(42)43)29-17-30(29)39(35,44)45/h6-9,13-14,16,22,29-30,36H,12,15,17-19H2,1-5H3/t22-,29+,30-/m1/s1. The van der Waals surface area contributed by atoms with E-state index >= 15 is 8.78 Å². The molecule has 1 aromatic carbocycles. The molecule has 2 aliphatic carbocycles. The highest BCUT2D eigenvalue weighted by Crippen LogP contribution is 2.68. The van der Waals surface area contributed by atoms with Crippen LogP contribution in [-0.4, -0.2) is 49.8 Å². The number of nitrogens with zero attached hydrogens (tertiary/aromatic N) is 6. The summed E-state index contributed by atoms with van der Waals surface area (Å²) in [6.45, 7) is 6.68. The normalized spacial score (nSPS) is 17.9. The number of carbonyl (C=O) groups is 1. The molecule has 2 aliphatic rings. The van der Waals surface area contributed by atoms with Gasteiger partial charge >= 0.3 is 0 Å². The van der Waals surface area contributed by atoms with Crippen molar-refractivity contribution < 1.29 is 39.6 Å². The Morgan fingerprint density at radius 2 is 1.71 bits per heavy atom. The number of Topliss-reactive ketones (excluding diaryl/α,β-unsaturated/α-hetero) is 1. The molecule has 1 fully saturated rings. The molecule has 1 saturated carbocycles. The molecule has 0 unspecified atom stereocenters. The van der Waals surface area contributed by atoms with Crippen LogP contribution in [0.1, 0.15) is 97.3 Å². The maximum Gasteiger partial charge on any atom is 0.293 e. The van der Waals surface area contributed by atoms with Crippen molar-refractivity contribution in [1.29, 1.82) is 0 Å². The van der Waals surface area contributed by atoms with Gasteiger partial charge in [0.15, 0.2) is 27.1 Å². The quantitative estimate of drug-likeness (QED) is 0.100. The van der Waals surface area contributed by atoms with Crippen molar-refractivity contribution in [2.45, 2.75) is 83.4 Å². The first-order valence-corrected chi connectivity index (χ1v) is 19.6. The van der Waals surface area contributed by atoms with Gasteiger partial charge in [-0.1, -0.05) is 5.92 Å². The zero-order chi connectivity index (χ0) is 39.8. The number of hydrogen-bond donors (Lipinski definition) is 0. The van der Waals surface area contributed by atoms with Gasteiger partial charge in [0, 0.05) is 58.4 Å². The van der Waals surface area contributed by atoms with Crippen LogP contribution < -0.4 is 0 Å². The van der Waals surface area contributed by atoms with Gasteiger partial charge in [0.2, 0.25) is 0 Å². The van der Waals surface area contributed by atoms with E-state index in [1.165, 1.54) is 0 Å². The van der Waals surface area contributed by atoms with Crippen molar-refractivity contribution in [1.82, 2.24) is 29.4 Å². The minimum Gasteiger partial charge on any atom is -0.298 e. The van der Waals surface area contributed by atoms with Crippen LogP contribution in [0.4, 0.5) is 26.3 Å². The fourth-order valence-electron chi connectivity index (χ4n) is 7.45. The van der Waals surface area contributed by atoms with Crippen LogP contribution in [0, 0.1) is 41.7 Å². The number of fused-ring (bicyclic) bond motifs is 4. The summed E-state index contributed by atoms with van der Waals surface area (Å²) in [4.78, 5) is 18.9. The number of benzene rings is 1. The summed E-state index contributed by atoms with van der Waals surface area (Å²) in [6.07, 6.45) is -2.59. The Labute approximate surface area is 313 Å². The Hall–Kier alpha value is -5.04. The van der Waals surface area contributed by atoms with Crippen molar-refractivity contribution in [2.24, 2.45) is 11.3 Å². The van der Waals surface area contributed by atoms with Crippen LogP contribution in [0.15, 0.2) is 42.5 Å². The third-order valence-electron chi connectivity index (χ3n) is 9.74. The minimum absolute atomic E-state index is 0.0581. The number of sulfone groups is 1. The zero-order valence-electron chi connectivity index (χ0n) is 30.5. The minimum atomic E-state index is -3.52. The van der Waals surface area contributed by atoms with Crippen molar-refractivity contribution in [3.05, 3.63) is 99.5 Å². The van der Waals surface area contributed by atoms with E-state index in [1.807, 2.05) is 20.8 Å². The van der Waals surface area contributed by atoms with E-state index in [0.717, 1.165) is 18.4 Å². The molecule has 0 aliphatic heterocycles. The Morgan fingerprint density at radius 3 is 2.36 bits per heavy atom. The van der Waals surface area contributed by atoms with Gasteiger partial charge in [-0.25, -0.2) is 31.0 Å². The number of aryl methyl sites for hydroxylation is 1. The van der Waals surface area contributed by atoms with Crippen molar-refractivity contribution >= 4 is 21.3 Å². The number of pyridine rings is 2. The number of ketones is 1. The van der Waals surface area contributed by atoms with Gasteiger partial charge in [-0.3, -0.25) is 13.9 Å². The lowest BCUT2D eigenvalue weighted by atomic mass is 9.86. The molecule has 0 saturated heterocycles. The average molecular weight is 783 g/mol. The lowest BCUT2D eigenvalue weighted by Gasteiger charge is -2.21. The second-order valence-corrected chi connectivity index (χ2v) is 17.6. The molecule has 9 nitrogen and oxygen atoms in total. The summed E-state index contributed by atoms with van der Waals surface area (Å²) < 4.78 is 115. The molecule has 16 heteroatoms. The van der Waals surface area contributed by atoms with Gasteiger partial charge in [0.05, 0.1) is 5.69 Å². The van der Waals surface area contributed by atoms with E-state index < -0.39 is 92.9 Å². The highest BCUT2D eigenvalue weighted by atomic mass is 32.2. The number of rotatable bonds is 11. The van der Waals surface area contributed by atoms with Crippen LogP contribution in [0.5, 0.6) is 0 Å². The summed E-state index contributed by atoms with van der Waals surface area (Å²) in [7, 11) is -3.52. The molecular formula is C39H36F6N6O3S. The lowest BCUT2D eigenvalue weighted by Crippen LogP contribution is -2.24. The molecule has 4 heterocycles.